The van der Waals surface area contributed by atoms with Crippen LogP contribution < -0.4 is 20.7 Å². The quantitative estimate of drug-likeness (QED) is 0.648. The van der Waals surface area contributed by atoms with Gasteiger partial charge in [-0.25, -0.2) is 0 Å². The van der Waals surface area contributed by atoms with Gasteiger partial charge in [-0.05, 0) is 42.9 Å². The summed E-state index contributed by atoms with van der Waals surface area (Å²) in [7, 11) is 1.46. The number of methoxy groups -OCH3 is 1. The third-order valence-corrected chi connectivity index (χ3v) is 4.67. The van der Waals surface area contributed by atoms with Crippen molar-refractivity contribution < 1.29 is 22.7 Å². The van der Waals surface area contributed by atoms with E-state index in [2.05, 4.69) is 16.0 Å². The Balaban J connectivity index is 2.05. The van der Waals surface area contributed by atoms with Gasteiger partial charge in [-0.1, -0.05) is 30.3 Å². The molecular formula is C20H18F3N3O2S. The van der Waals surface area contributed by atoms with Gasteiger partial charge in [0.25, 0.3) is 5.91 Å². The summed E-state index contributed by atoms with van der Waals surface area (Å²) < 4.78 is 45.9. The molecule has 0 aliphatic carbocycles. The first kappa shape index (κ1) is 20.7. The lowest BCUT2D eigenvalue weighted by atomic mass is 9.91. The van der Waals surface area contributed by atoms with Crippen molar-refractivity contribution in [3.05, 3.63) is 70.9 Å². The Hall–Kier alpha value is -3.07. The van der Waals surface area contributed by atoms with E-state index in [-0.39, 0.29) is 16.2 Å². The minimum Gasteiger partial charge on any atom is -0.495 e. The molecule has 0 fully saturated rings. The van der Waals surface area contributed by atoms with Gasteiger partial charge in [-0.15, -0.1) is 0 Å². The summed E-state index contributed by atoms with van der Waals surface area (Å²) in [5.74, 6) is -0.143. The first-order valence-corrected chi connectivity index (χ1v) is 9.02. The molecule has 9 heteroatoms. The Labute approximate surface area is 170 Å². The number of allylic oxidation sites excluding steroid dienone is 1. The van der Waals surface area contributed by atoms with E-state index in [1.807, 2.05) is 0 Å². The average Bonchev–Trinajstić information content (AvgIpc) is 2.67. The molecule has 1 amide bonds. The smallest absolute Gasteiger partial charge is 0.416 e. The molecule has 0 spiro atoms. The van der Waals surface area contributed by atoms with E-state index in [9.17, 15) is 18.0 Å². The number of benzene rings is 2. The van der Waals surface area contributed by atoms with Crippen molar-refractivity contribution in [2.45, 2.75) is 19.1 Å². The summed E-state index contributed by atoms with van der Waals surface area (Å²) in [6.45, 7) is 1.59. The van der Waals surface area contributed by atoms with Crippen LogP contribution in [0.15, 0.2) is 59.8 Å². The summed E-state index contributed by atoms with van der Waals surface area (Å²) in [6.07, 6.45) is -4.58. The minimum absolute atomic E-state index is 0.0895. The lowest BCUT2D eigenvalue weighted by Crippen LogP contribution is -2.46. The Kier molecular flexibility index (Phi) is 5.78. The lowest BCUT2D eigenvalue weighted by molar-refractivity contribution is -0.138. The standard InChI is InChI=1S/C20H18F3N3O2S/c1-11-16(18(27)25-14-9-5-6-10-15(14)28-2)17(26-19(29)24-11)12-7-3-4-8-13(12)20(21,22)23/h3-10,17H,1-2H3,(H,25,27)(H2,24,26,29)/t17-/m0/s1. The zero-order valence-electron chi connectivity index (χ0n) is 15.6. The highest BCUT2D eigenvalue weighted by molar-refractivity contribution is 7.80. The van der Waals surface area contributed by atoms with E-state index in [4.69, 9.17) is 17.0 Å². The highest BCUT2D eigenvalue weighted by Gasteiger charge is 2.39. The third kappa shape index (κ3) is 4.34. The molecule has 1 aliphatic heterocycles. The van der Waals surface area contributed by atoms with Gasteiger partial charge in [-0.2, -0.15) is 13.2 Å². The van der Waals surface area contributed by atoms with Gasteiger partial charge in [0.05, 0.1) is 30.0 Å². The fourth-order valence-electron chi connectivity index (χ4n) is 3.17. The number of anilines is 1. The van der Waals surface area contributed by atoms with E-state index in [0.29, 0.717) is 17.1 Å². The number of alkyl halides is 3. The van der Waals surface area contributed by atoms with E-state index in [1.165, 1.54) is 25.3 Å². The van der Waals surface area contributed by atoms with Crippen LogP contribution in [0.25, 0.3) is 0 Å². The van der Waals surface area contributed by atoms with Crippen LogP contribution in [0.4, 0.5) is 18.9 Å². The molecule has 2 aromatic rings. The highest BCUT2D eigenvalue weighted by atomic mass is 32.1. The summed E-state index contributed by atoms with van der Waals surface area (Å²) in [5, 5.41) is 8.45. The van der Waals surface area contributed by atoms with Crippen LogP contribution in [0, 0.1) is 0 Å². The number of nitrogens with one attached hydrogen (secondary N) is 3. The van der Waals surface area contributed by atoms with Crippen LogP contribution in [-0.4, -0.2) is 18.1 Å². The topological polar surface area (TPSA) is 62.4 Å². The van der Waals surface area contributed by atoms with Crippen molar-refractivity contribution in [3.8, 4) is 5.75 Å². The maximum Gasteiger partial charge on any atom is 0.416 e. The number of carbonyl (C=O) groups excluding carboxylic acids is 1. The van der Waals surface area contributed by atoms with Crippen molar-refractivity contribution in [1.82, 2.24) is 10.6 Å². The van der Waals surface area contributed by atoms with Crippen LogP contribution in [0.2, 0.25) is 0 Å². The normalized spacial score (nSPS) is 16.7. The predicted octanol–water partition coefficient (Wildman–Crippen LogP) is 4.15. The van der Waals surface area contributed by atoms with Crippen LogP contribution in [-0.2, 0) is 11.0 Å². The molecule has 0 unspecified atom stereocenters. The van der Waals surface area contributed by atoms with E-state index in [0.717, 1.165) is 6.07 Å². The molecule has 0 bridgehead atoms. The number of amides is 1. The van der Waals surface area contributed by atoms with Gasteiger partial charge in [0, 0.05) is 5.70 Å². The molecule has 2 aromatic carbocycles. The Morgan fingerprint density at radius 1 is 1.14 bits per heavy atom. The van der Waals surface area contributed by atoms with E-state index >= 15 is 0 Å². The second kappa shape index (κ2) is 8.12. The largest absolute Gasteiger partial charge is 0.495 e. The second-order valence-electron chi connectivity index (χ2n) is 6.31. The monoisotopic (exact) mass is 421 g/mol. The van der Waals surface area contributed by atoms with Crippen LogP contribution in [0.3, 0.4) is 0 Å². The summed E-state index contributed by atoms with van der Waals surface area (Å²) in [5.41, 5.74) is -0.0633. The first-order valence-electron chi connectivity index (χ1n) is 8.61. The van der Waals surface area contributed by atoms with Crippen molar-refractivity contribution in [2.75, 3.05) is 12.4 Å². The number of halogens is 3. The SMILES string of the molecule is COc1ccccc1NC(=O)C1=C(C)NC(=S)N[C@H]1c1ccccc1C(F)(F)F. The molecule has 29 heavy (non-hydrogen) atoms. The molecule has 1 atom stereocenters. The van der Waals surface area contributed by atoms with Crippen molar-refractivity contribution in [3.63, 3.8) is 0 Å². The van der Waals surface area contributed by atoms with Crippen LogP contribution in [0.1, 0.15) is 24.1 Å². The van der Waals surface area contributed by atoms with Crippen LogP contribution >= 0.6 is 12.2 Å². The summed E-state index contributed by atoms with van der Waals surface area (Å²) in [4.78, 5) is 13.1. The molecule has 3 N–H and O–H groups in total. The number of hydrogen-bond acceptors (Lipinski definition) is 3. The number of hydrogen-bond donors (Lipinski definition) is 3. The molecule has 0 aromatic heterocycles. The number of carbonyl (C=O) groups is 1. The number of para-hydroxylation sites is 2. The minimum atomic E-state index is -4.58. The molecule has 0 saturated carbocycles. The van der Waals surface area contributed by atoms with E-state index < -0.39 is 23.7 Å². The highest BCUT2D eigenvalue weighted by Crippen LogP contribution is 2.38. The van der Waals surface area contributed by atoms with Gasteiger partial charge in [0.2, 0.25) is 0 Å². The fraction of sp³-hybridized carbons (Fsp3) is 0.200. The lowest BCUT2D eigenvalue weighted by Gasteiger charge is -2.31. The maximum absolute atomic E-state index is 13.6. The number of ether oxygens (including phenoxy) is 1. The van der Waals surface area contributed by atoms with Gasteiger partial charge in [-0.3, -0.25) is 4.79 Å². The van der Waals surface area contributed by atoms with Gasteiger partial charge in [0.15, 0.2) is 5.11 Å². The van der Waals surface area contributed by atoms with E-state index in [1.54, 1.807) is 31.2 Å². The van der Waals surface area contributed by atoms with Crippen molar-refractivity contribution >= 4 is 28.9 Å². The molecule has 0 radical (unpaired) electrons. The van der Waals surface area contributed by atoms with Crippen LogP contribution in [0.5, 0.6) is 5.75 Å². The Morgan fingerprint density at radius 2 is 1.79 bits per heavy atom. The molecular weight excluding hydrogens is 403 g/mol. The Morgan fingerprint density at radius 3 is 2.48 bits per heavy atom. The molecule has 1 aliphatic rings. The number of thiocarbonyl (C=S) groups is 1. The molecule has 1 heterocycles. The van der Waals surface area contributed by atoms with Gasteiger partial charge >= 0.3 is 6.18 Å². The summed E-state index contributed by atoms with van der Waals surface area (Å²) in [6, 6.07) is 10.8. The molecule has 3 rings (SSSR count). The maximum atomic E-state index is 13.6. The van der Waals surface area contributed by atoms with Gasteiger partial charge in [0.1, 0.15) is 5.75 Å². The van der Waals surface area contributed by atoms with Crippen molar-refractivity contribution in [2.24, 2.45) is 0 Å². The zero-order valence-corrected chi connectivity index (χ0v) is 16.4. The third-order valence-electron chi connectivity index (χ3n) is 4.45. The molecule has 152 valence electrons. The molecule has 0 saturated heterocycles. The van der Waals surface area contributed by atoms with Crippen molar-refractivity contribution in [1.29, 1.82) is 0 Å². The second-order valence-corrected chi connectivity index (χ2v) is 6.72. The van der Waals surface area contributed by atoms with Gasteiger partial charge < -0.3 is 20.7 Å². The zero-order chi connectivity index (χ0) is 21.2. The predicted molar refractivity (Wildman–Crippen MR) is 107 cm³/mol. The average molecular weight is 421 g/mol. The molecule has 5 nitrogen and oxygen atoms in total. The summed E-state index contributed by atoms with van der Waals surface area (Å²) >= 11 is 5.12. The number of rotatable bonds is 4. The Bertz CT molecular complexity index is 989. The fourth-order valence-corrected chi connectivity index (χ4v) is 3.44. The first-order chi connectivity index (χ1) is 13.7.